The molecule has 0 aliphatic rings. The van der Waals surface area contributed by atoms with Gasteiger partial charge in [-0.1, -0.05) is 24.3 Å². The first-order chi connectivity index (χ1) is 12.2. The van der Waals surface area contributed by atoms with Crippen LogP contribution in [-0.4, -0.2) is 23.0 Å². The zero-order valence-corrected chi connectivity index (χ0v) is 14.2. The quantitative estimate of drug-likeness (QED) is 0.701. The number of benzene rings is 2. The minimum absolute atomic E-state index is 0.350. The van der Waals surface area contributed by atoms with E-state index in [0.717, 1.165) is 28.3 Å². The molecule has 1 aromatic heterocycles. The molecule has 3 aromatic rings. The highest BCUT2D eigenvalue weighted by atomic mass is 16.5. The number of imidazole rings is 1. The van der Waals surface area contributed by atoms with Gasteiger partial charge in [0, 0.05) is 5.56 Å². The second kappa shape index (κ2) is 7.53. The number of aryl methyl sites for hydroxylation is 1. The number of anilines is 1. The second-order valence-corrected chi connectivity index (χ2v) is 5.51. The predicted molar refractivity (Wildman–Crippen MR) is 98.1 cm³/mol. The van der Waals surface area contributed by atoms with Crippen molar-refractivity contribution in [2.45, 2.75) is 13.5 Å². The molecule has 6 nitrogen and oxygen atoms in total. The van der Waals surface area contributed by atoms with Crippen LogP contribution in [0.3, 0.4) is 0 Å². The van der Waals surface area contributed by atoms with Gasteiger partial charge in [0.2, 0.25) is 5.95 Å². The lowest BCUT2D eigenvalue weighted by molar-refractivity contribution is 0.305. The minimum atomic E-state index is 0.350. The Kier molecular flexibility index (Phi) is 4.99. The van der Waals surface area contributed by atoms with E-state index in [1.807, 2.05) is 55.5 Å². The van der Waals surface area contributed by atoms with Gasteiger partial charge in [-0.25, -0.2) is 9.66 Å². The number of ether oxygens (including phenoxy) is 2. The van der Waals surface area contributed by atoms with Crippen LogP contribution in [0.4, 0.5) is 5.95 Å². The molecule has 6 heteroatoms. The molecule has 2 N–H and O–H groups in total. The Morgan fingerprint density at radius 3 is 2.80 bits per heavy atom. The SMILES string of the molecule is COc1cccc(COc2ccccc2C=Nn2cc(C)nc2N)c1. The number of rotatable bonds is 6. The van der Waals surface area contributed by atoms with Crippen LogP contribution in [0.25, 0.3) is 0 Å². The summed E-state index contributed by atoms with van der Waals surface area (Å²) in [4.78, 5) is 4.12. The number of hydrogen-bond acceptors (Lipinski definition) is 5. The van der Waals surface area contributed by atoms with Gasteiger partial charge in [0.25, 0.3) is 0 Å². The molecule has 0 saturated heterocycles. The first-order valence-corrected chi connectivity index (χ1v) is 7.86. The van der Waals surface area contributed by atoms with Gasteiger partial charge in [0.05, 0.1) is 25.2 Å². The highest BCUT2D eigenvalue weighted by Gasteiger charge is 2.04. The largest absolute Gasteiger partial charge is 0.497 e. The summed E-state index contributed by atoms with van der Waals surface area (Å²) in [5.41, 5.74) is 8.50. The van der Waals surface area contributed by atoms with Crippen molar-refractivity contribution >= 4 is 12.2 Å². The molecule has 0 aliphatic heterocycles. The average molecular weight is 336 g/mol. The summed E-state index contributed by atoms with van der Waals surface area (Å²) in [6, 6.07) is 15.5. The molecule has 0 radical (unpaired) electrons. The molecule has 0 unspecified atom stereocenters. The number of nitrogens with two attached hydrogens (primary N) is 1. The summed E-state index contributed by atoms with van der Waals surface area (Å²) in [7, 11) is 1.65. The van der Waals surface area contributed by atoms with Crippen molar-refractivity contribution in [2.24, 2.45) is 5.10 Å². The standard InChI is InChI=1S/C19H20N4O2/c1-14-12-23(19(20)22-14)21-11-16-7-3-4-9-18(16)25-13-15-6-5-8-17(10-15)24-2/h3-12H,13H2,1-2H3,(H2,20,22). The van der Waals surface area contributed by atoms with E-state index in [2.05, 4.69) is 10.1 Å². The van der Waals surface area contributed by atoms with Gasteiger partial charge in [-0.2, -0.15) is 5.10 Å². The molecule has 0 amide bonds. The molecule has 0 fully saturated rings. The smallest absolute Gasteiger partial charge is 0.221 e. The Hall–Kier alpha value is -3.28. The molecule has 25 heavy (non-hydrogen) atoms. The van der Waals surface area contributed by atoms with E-state index in [0.29, 0.717) is 12.6 Å². The molecule has 3 rings (SSSR count). The molecular formula is C19H20N4O2. The fraction of sp³-hybridized carbons (Fsp3) is 0.158. The Balaban J connectivity index is 1.75. The van der Waals surface area contributed by atoms with Crippen molar-refractivity contribution in [1.29, 1.82) is 0 Å². The molecular weight excluding hydrogens is 316 g/mol. The van der Waals surface area contributed by atoms with E-state index in [9.17, 15) is 0 Å². The number of nitrogens with zero attached hydrogens (tertiary/aromatic N) is 3. The Labute approximate surface area is 146 Å². The van der Waals surface area contributed by atoms with Gasteiger partial charge in [0.15, 0.2) is 0 Å². The van der Waals surface area contributed by atoms with E-state index >= 15 is 0 Å². The van der Waals surface area contributed by atoms with Crippen LogP contribution in [0.1, 0.15) is 16.8 Å². The second-order valence-electron chi connectivity index (χ2n) is 5.51. The molecule has 0 spiro atoms. The number of aromatic nitrogens is 2. The van der Waals surface area contributed by atoms with Crippen molar-refractivity contribution in [3.05, 3.63) is 71.5 Å². The van der Waals surface area contributed by atoms with Crippen molar-refractivity contribution in [3.63, 3.8) is 0 Å². The molecule has 0 aliphatic carbocycles. The highest BCUT2D eigenvalue weighted by molar-refractivity contribution is 5.83. The fourth-order valence-electron chi connectivity index (χ4n) is 2.36. The Bertz CT molecular complexity index is 887. The van der Waals surface area contributed by atoms with Crippen LogP contribution >= 0.6 is 0 Å². The van der Waals surface area contributed by atoms with Gasteiger partial charge in [-0.05, 0) is 36.8 Å². The van der Waals surface area contributed by atoms with Crippen molar-refractivity contribution in [3.8, 4) is 11.5 Å². The summed E-state index contributed by atoms with van der Waals surface area (Å²) in [5, 5.41) is 4.34. The van der Waals surface area contributed by atoms with Gasteiger partial charge in [-0.15, -0.1) is 0 Å². The number of hydrogen-bond donors (Lipinski definition) is 1. The van der Waals surface area contributed by atoms with E-state index in [1.165, 1.54) is 4.68 Å². The maximum Gasteiger partial charge on any atom is 0.221 e. The minimum Gasteiger partial charge on any atom is -0.497 e. The van der Waals surface area contributed by atoms with Gasteiger partial charge >= 0.3 is 0 Å². The molecule has 0 saturated carbocycles. The van der Waals surface area contributed by atoms with Crippen LogP contribution < -0.4 is 15.2 Å². The normalized spacial score (nSPS) is 11.0. The lowest BCUT2D eigenvalue weighted by Gasteiger charge is -2.10. The lowest BCUT2D eigenvalue weighted by Crippen LogP contribution is -2.00. The molecule has 0 bridgehead atoms. The van der Waals surface area contributed by atoms with E-state index in [1.54, 1.807) is 19.5 Å². The monoisotopic (exact) mass is 336 g/mol. The molecule has 1 heterocycles. The van der Waals surface area contributed by atoms with Gasteiger partial charge < -0.3 is 15.2 Å². The van der Waals surface area contributed by atoms with Crippen LogP contribution in [0.2, 0.25) is 0 Å². The summed E-state index contributed by atoms with van der Waals surface area (Å²) in [6.07, 6.45) is 3.48. The summed E-state index contributed by atoms with van der Waals surface area (Å²) in [6.45, 7) is 2.31. The lowest BCUT2D eigenvalue weighted by atomic mass is 10.2. The van der Waals surface area contributed by atoms with Crippen LogP contribution in [0.15, 0.2) is 59.8 Å². The maximum absolute atomic E-state index is 5.94. The van der Waals surface area contributed by atoms with Gasteiger partial charge in [0.1, 0.15) is 18.1 Å². The summed E-state index contributed by atoms with van der Waals surface area (Å²) in [5.74, 6) is 1.90. The van der Waals surface area contributed by atoms with E-state index in [4.69, 9.17) is 15.2 Å². The third-order valence-corrected chi connectivity index (χ3v) is 3.60. The third-order valence-electron chi connectivity index (χ3n) is 3.60. The summed E-state index contributed by atoms with van der Waals surface area (Å²) < 4.78 is 12.7. The summed E-state index contributed by atoms with van der Waals surface area (Å²) >= 11 is 0. The zero-order chi connectivity index (χ0) is 17.6. The van der Waals surface area contributed by atoms with Crippen molar-refractivity contribution in [1.82, 2.24) is 9.66 Å². The van der Waals surface area contributed by atoms with Gasteiger partial charge in [-0.3, -0.25) is 0 Å². The predicted octanol–water partition coefficient (Wildman–Crippen LogP) is 3.24. The van der Waals surface area contributed by atoms with Crippen LogP contribution in [0.5, 0.6) is 11.5 Å². The average Bonchev–Trinajstić information content (AvgIpc) is 2.96. The first kappa shape index (κ1) is 16.6. The highest BCUT2D eigenvalue weighted by Crippen LogP contribution is 2.19. The van der Waals surface area contributed by atoms with E-state index < -0.39 is 0 Å². The third kappa shape index (κ3) is 4.17. The molecule has 128 valence electrons. The fourth-order valence-corrected chi connectivity index (χ4v) is 2.36. The van der Waals surface area contributed by atoms with Crippen molar-refractivity contribution in [2.75, 3.05) is 12.8 Å². The first-order valence-electron chi connectivity index (χ1n) is 7.86. The topological polar surface area (TPSA) is 74.7 Å². The molecule has 0 atom stereocenters. The van der Waals surface area contributed by atoms with Crippen LogP contribution in [-0.2, 0) is 6.61 Å². The van der Waals surface area contributed by atoms with E-state index in [-0.39, 0.29) is 0 Å². The number of para-hydroxylation sites is 1. The van der Waals surface area contributed by atoms with Crippen LogP contribution in [0, 0.1) is 6.92 Å². The Morgan fingerprint density at radius 2 is 2.04 bits per heavy atom. The van der Waals surface area contributed by atoms with Crippen molar-refractivity contribution < 1.29 is 9.47 Å². The number of methoxy groups -OCH3 is 1. The molecule has 2 aromatic carbocycles. The zero-order valence-electron chi connectivity index (χ0n) is 14.2. The Morgan fingerprint density at radius 1 is 1.20 bits per heavy atom. The maximum atomic E-state index is 5.94. The number of nitrogen functional groups attached to an aromatic ring is 1.